The maximum atomic E-state index is 15.6. The van der Waals surface area contributed by atoms with E-state index in [1.807, 2.05) is 35.2 Å². The Kier molecular flexibility index (Phi) is 12.6. The monoisotopic (exact) mass is 955 g/mol. The molecule has 0 spiro atoms. The molecule has 68 heavy (non-hydrogen) atoms. The van der Waals surface area contributed by atoms with Gasteiger partial charge in [0.1, 0.15) is 17.2 Å². The highest BCUT2D eigenvalue weighted by Crippen LogP contribution is 2.35. The molecule has 2 amide bonds. The van der Waals surface area contributed by atoms with E-state index in [0.29, 0.717) is 76.9 Å². The molecule has 10 rings (SSSR count). The SMILES string of the molecule is Cc1cc(-n2nccn2)c(C(=O)N2CCCC(Cc3ccnc(-c4ccc(F)c(C)c4C(=O)N4CCCC(C)C4CNc4nc5ccccc5s4)n3)C2CNc2nc3cc(Cl)ccc3o2)cc1F. The summed E-state index contributed by atoms with van der Waals surface area (Å²) in [7, 11) is 0. The second kappa shape index (κ2) is 19.0. The molecular formula is C50H48ClF2N11O3S. The Morgan fingerprint density at radius 2 is 1.60 bits per heavy atom. The minimum atomic E-state index is -0.522. The standard InChI is InChI=1S/C50H48ClF2N11O3S/c1-28-8-6-20-62(41(28)26-56-50-61-38-10-4-5-11-44(38)68-50)48(66)45-30(3)36(52)14-13-34(45)46-54-17-16-33(59-46)23-31-9-7-21-63(42(31)27-55-49-60-39-24-32(51)12-15-43(39)67-49)47(65)35-25-37(53)29(2)22-40(35)64-57-18-19-58-64/h4-5,10-19,22,24-25,28,31,41-42H,6-9,20-21,23,26-27H2,1-3H3,(H,55,60)(H,56,61). The molecule has 0 radical (unpaired) electrons. The number of aryl methyl sites for hydroxylation is 1. The number of likely N-dealkylation sites (tertiary alicyclic amines) is 2. The van der Waals surface area contributed by atoms with E-state index in [2.05, 4.69) is 37.7 Å². The van der Waals surface area contributed by atoms with E-state index in [-0.39, 0.29) is 58.9 Å². The van der Waals surface area contributed by atoms with Crippen LogP contribution in [0.4, 0.5) is 19.9 Å². The molecule has 2 fully saturated rings. The smallest absolute Gasteiger partial charge is 0.295 e. The molecule has 0 bridgehead atoms. The van der Waals surface area contributed by atoms with Gasteiger partial charge in [0.05, 0.1) is 51.5 Å². The molecule has 0 aliphatic carbocycles. The van der Waals surface area contributed by atoms with Gasteiger partial charge in [-0.1, -0.05) is 42.0 Å². The summed E-state index contributed by atoms with van der Waals surface area (Å²) in [4.78, 5) is 53.7. The summed E-state index contributed by atoms with van der Waals surface area (Å²) < 4.78 is 38.0. The molecular weight excluding hydrogens is 908 g/mol. The number of benzene rings is 4. The summed E-state index contributed by atoms with van der Waals surface area (Å²) in [5.41, 5.74) is 4.43. The largest absolute Gasteiger partial charge is 0.424 e. The zero-order chi connectivity index (χ0) is 47.1. The van der Waals surface area contributed by atoms with Crippen molar-refractivity contribution in [3.05, 3.63) is 136 Å². The molecule has 2 aliphatic heterocycles. The quantitative estimate of drug-likeness (QED) is 0.120. The predicted octanol–water partition coefficient (Wildman–Crippen LogP) is 9.95. The summed E-state index contributed by atoms with van der Waals surface area (Å²) in [5.74, 6) is -1.38. The van der Waals surface area contributed by atoms with Gasteiger partial charge < -0.3 is 24.9 Å². The summed E-state index contributed by atoms with van der Waals surface area (Å²) >= 11 is 7.82. The first-order valence-corrected chi connectivity index (χ1v) is 24.0. The zero-order valence-electron chi connectivity index (χ0n) is 37.6. The third kappa shape index (κ3) is 8.99. The number of anilines is 2. The van der Waals surface area contributed by atoms with Crippen LogP contribution in [0.15, 0.2) is 95.8 Å². The third-order valence-electron chi connectivity index (χ3n) is 13.3. The van der Waals surface area contributed by atoms with Crippen LogP contribution in [0.1, 0.15) is 70.1 Å². The van der Waals surface area contributed by atoms with Crippen molar-refractivity contribution in [2.45, 2.75) is 65.0 Å². The molecule has 2 N–H and O–H groups in total. The lowest BCUT2D eigenvalue weighted by molar-refractivity contribution is 0.0514. The summed E-state index contributed by atoms with van der Waals surface area (Å²) in [6.07, 6.45) is 8.23. The van der Waals surface area contributed by atoms with Gasteiger partial charge in [-0.15, -0.1) is 0 Å². The topological polar surface area (TPSA) is 160 Å². The van der Waals surface area contributed by atoms with Gasteiger partial charge in [-0.3, -0.25) is 9.59 Å². The second-order valence-corrected chi connectivity index (χ2v) is 19.1. The van der Waals surface area contributed by atoms with Crippen molar-refractivity contribution < 1.29 is 22.8 Å². The van der Waals surface area contributed by atoms with Crippen molar-refractivity contribution in [2.75, 3.05) is 36.8 Å². The number of halogens is 3. The van der Waals surface area contributed by atoms with E-state index in [1.54, 1.807) is 66.6 Å². The van der Waals surface area contributed by atoms with Gasteiger partial charge in [0, 0.05) is 48.7 Å². The van der Waals surface area contributed by atoms with Crippen LogP contribution in [0, 0.1) is 37.3 Å². The number of aromatic nitrogens is 7. The number of hydrogen-bond donors (Lipinski definition) is 2. The van der Waals surface area contributed by atoms with Gasteiger partial charge in [-0.05, 0) is 130 Å². The van der Waals surface area contributed by atoms with Crippen molar-refractivity contribution in [1.29, 1.82) is 0 Å². The van der Waals surface area contributed by atoms with E-state index in [4.69, 9.17) is 26.0 Å². The third-order valence-corrected chi connectivity index (χ3v) is 14.5. The molecule has 2 saturated heterocycles. The molecule has 6 heterocycles. The number of thiazole rings is 1. The molecule has 18 heteroatoms. The number of para-hydroxylation sites is 1. The summed E-state index contributed by atoms with van der Waals surface area (Å²) in [6.45, 7) is 7.04. The highest BCUT2D eigenvalue weighted by molar-refractivity contribution is 7.22. The first-order chi connectivity index (χ1) is 33.0. The molecule has 4 aromatic heterocycles. The molecule has 2 aliphatic rings. The van der Waals surface area contributed by atoms with Gasteiger partial charge in [0.25, 0.3) is 17.8 Å². The fraction of sp³-hybridized carbons (Fsp3) is 0.320. The number of carbonyl (C=O) groups excluding carboxylic acids is 2. The lowest BCUT2D eigenvalue weighted by atomic mass is 9.84. The van der Waals surface area contributed by atoms with Gasteiger partial charge in [0.15, 0.2) is 16.5 Å². The highest BCUT2D eigenvalue weighted by Gasteiger charge is 2.38. The first-order valence-electron chi connectivity index (χ1n) is 22.8. The van der Waals surface area contributed by atoms with E-state index in [9.17, 15) is 9.59 Å². The Bertz CT molecular complexity index is 3130. The van der Waals surface area contributed by atoms with Crippen molar-refractivity contribution in [1.82, 2.24) is 44.7 Å². The zero-order valence-corrected chi connectivity index (χ0v) is 39.2. The second-order valence-electron chi connectivity index (χ2n) is 17.6. The van der Waals surface area contributed by atoms with E-state index < -0.39 is 17.7 Å². The highest BCUT2D eigenvalue weighted by atomic mass is 35.5. The minimum absolute atomic E-state index is 0.123. The van der Waals surface area contributed by atoms with Crippen molar-refractivity contribution in [2.24, 2.45) is 11.8 Å². The fourth-order valence-corrected chi connectivity index (χ4v) is 10.8. The van der Waals surface area contributed by atoms with Crippen LogP contribution in [-0.4, -0.2) is 94.8 Å². The average molecular weight is 957 g/mol. The minimum Gasteiger partial charge on any atom is -0.424 e. The first kappa shape index (κ1) is 45.0. The molecule has 4 unspecified atom stereocenters. The van der Waals surface area contributed by atoms with Crippen LogP contribution in [0.2, 0.25) is 5.02 Å². The van der Waals surface area contributed by atoms with Crippen LogP contribution in [-0.2, 0) is 6.42 Å². The Labute approximate surface area is 399 Å². The number of fused-ring (bicyclic) bond motifs is 2. The van der Waals surface area contributed by atoms with E-state index in [1.165, 1.54) is 29.3 Å². The predicted molar refractivity (Wildman–Crippen MR) is 258 cm³/mol. The number of piperidine rings is 2. The van der Waals surface area contributed by atoms with E-state index in [0.717, 1.165) is 34.6 Å². The summed E-state index contributed by atoms with van der Waals surface area (Å²) in [5, 5.41) is 16.7. The fourth-order valence-electron chi connectivity index (χ4n) is 9.72. The number of nitrogens with one attached hydrogen (secondary N) is 2. The molecule has 14 nitrogen and oxygen atoms in total. The van der Waals surface area contributed by atoms with Gasteiger partial charge in [0.2, 0.25) is 0 Å². The molecule has 348 valence electrons. The van der Waals surface area contributed by atoms with Crippen LogP contribution < -0.4 is 10.6 Å². The molecule has 4 aromatic carbocycles. The average Bonchev–Trinajstić information content (AvgIpc) is 4.12. The Morgan fingerprint density at radius 1 is 0.824 bits per heavy atom. The lowest BCUT2D eigenvalue weighted by Gasteiger charge is -2.41. The van der Waals surface area contributed by atoms with Gasteiger partial charge in [-0.25, -0.2) is 23.7 Å². The maximum Gasteiger partial charge on any atom is 0.295 e. The maximum absolute atomic E-state index is 15.6. The van der Waals surface area contributed by atoms with Crippen LogP contribution in [0.25, 0.3) is 38.4 Å². The van der Waals surface area contributed by atoms with E-state index >= 15 is 8.78 Å². The normalized spacial score (nSPS) is 18.6. The van der Waals surface area contributed by atoms with Crippen molar-refractivity contribution >= 4 is 67.2 Å². The van der Waals surface area contributed by atoms with Gasteiger partial charge in [-0.2, -0.15) is 20.0 Å². The Balaban J connectivity index is 0.950. The number of oxazole rings is 1. The molecule has 8 aromatic rings. The van der Waals surface area contributed by atoms with Crippen LogP contribution in [0.5, 0.6) is 0 Å². The molecule has 0 saturated carbocycles. The van der Waals surface area contributed by atoms with Crippen LogP contribution >= 0.6 is 22.9 Å². The Hall–Kier alpha value is -6.85. The number of nitrogens with zero attached hydrogens (tertiary/aromatic N) is 9. The Morgan fingerprint density at radius 3 is 2.43 bits per heavy atom. The lowest BCUT2D eigenvalue weighted by Crippen LogP contribution is -2.52. The van der Waals surface area contributed by atoms with Crippen LogP contribution in [0.3, 0.4) is 0 Å². The van der Waals surface area contributed by atoms with Crippen molar-refractivity contribution in [3.63, 3.8) is 0 Å². The summed E-state index contributed by atoms with van der Waals surface area (Å²) in [6, 6.07) is 20.4. The number of amides is 2. The van der Waals surface area contributed by atoms with Crippen molar-refractivity contribution in [3.8, 4) is 17.1 Å². The molecule has 4 atom stereocenters. The number of rotatable bonds is 12. The number of hydrogen-bond acceptors (Lipinski definition) is 12. The van der Waals surface area contributed by atoms with Gasteiger partial charge >= 0.3 is 0 Å². The number of carbonyl (C=O) groups is 2.